The summed E-state index contributed by atoms with van der Waals surface area (Å²) in [7, 11) is 0. The number of aromatic hydroxyl groups is 2. The molecule has 0 saturated carbocycles. The van der Waals surface area contributed by atoms with E-state index in [1.165, 1.54) is 50.7 Å². The molecule has 0 aliphatic heterocycles. The molecule has 1 aromatic carbocycles. The fraction of sp³-hybridized carbons (Fsp3) is 0.476. The Hall–Kier alpha value is -2.43. The maximum Gasteiger partial charge on any atom is 0.347 e. The Bertz CT molecular complexity index is 935. The second kappa shape index (κ2) is 8.30. The van der Waals surface area contributed by atoms with Gasteiger partial charge in [-0.3, -0.25) is 0 Å². The van der Waals surface area contributed by atoms with Crippen molar-refractivity contribution >= 4 is 21.9 Å². The molecule has 2 N–H and O–H groups in total. The van der Waals surface area contributed by atoms with E-state index in [-0.39, 0.29) is 11.5 Å². The highest BCUT2D eigenvalue weighted by atomic mass is 16.4. The Morgan fingerprint density at radius 3 is 2.19 bits per heavy atom. The average molecular weight is 358 g/mol. The van der Waals surface area contributed by atoms with Crippen molar-refractivity contribution in [1.82, 2.24) is 0 Å². The van der Waals surface area contributed by atoms with Gasteiger partial charge in [0.1, 0.15) is 22.3 Å². The third kappa shape index (κ3) is 4.03. The van der Waals surface area contributed by atoms with Crippen LogP contribution in [0.1, 0.15) is 64.1 Å². The quantitative estimate of drug-likeness (QED) is 0.382. The predicted octanol–water partition coefficient (Wildman–Crippen LogP) is 5.63. The van der Waals surface area contributed by atoms with Crippen LogP contribution in [0.4, 0.5) is 0 Å². The van der Waals surface area contributed by atoms with Gasteiger partial charge in [0.05, 0.1) is 0 Å². The number of phenols is 2. The van der Waals surface area contributed by atoms with E-state index >= 15 is 0 Å². The summed E-state index contributed by atoms with van der Waals surface area (Å²) < 4.78 is 11.1. The maximum atomic E-state index is 12.3. The first-order chi connectivity index (χ1) is 12.6. The highest BCUT2D eigenvalue weighted by Crippen LogP contribution is 2.35. The third-order valence-corrected chi connectivity index (χ3v) is 4.81. The minimum absolute atomic E-state index is 0.278. The molecule has 0 unspecified atom stereocenters. The number of benzene rings is 1. The van der Waals surface area contributed by atoms with Crippen LogP contribution in [0.3, 0.4) is 0 Å². The van der Waals surface area contributed by atoms with Crippen LogP contribution >= 0.6 is 0 Å². The summed E-state index contributed by atoms with van der Waals surface area (Å²) in [5.74, 6) is 0.0451. The molecule has 2 heterocycles. The zero-order valence-electron chi connectivity index (χ0n) is 15.2. The van der Waals surface area contributed by atoms with E-state index in [0.29, 0.717) is 34.1 Å². The Morgan fingerprint density at radius 1 is 0.808 bits per heavy atom. The van der Waals surface area contributed by atoms with Gasteiger partial charge in [0.25, 0.3) is 0 Å². The molecule has 0 saturated heterocycles. The van der Waals surface area contributed by atoms with Gasteiger partial charge in [-0.15, -0.1) is 0 Å². The highest BCUT2D eigenvalue weighted by Gasteiger charge is 2.16. The van der Waals surface area contributed by atoms with Gasteiger partial charge in [0.15, 0.2) is 11.5 Å². The first-order valence-corrected chi connectivity index (χ1v) is 9.51. The molecule has 0 aliphatic carbocycles. The van der Waals surface area contributed by atoms with Crippen LogP contribution in [0.25, 0.3) is 21.9 Å². The van der Waals surface area contributed by atoms with Crippen molar-refractivity contribution in [2.45, 2.75) is 64.7 Å². The lowest BCUT2D eigenvalue weighted by Gasteiger charge is -2.02. The molecule has 0 fully saturated rings. The average Bonchev–Trinajstić information content (AvgIpc) is 2.95. The van der Waals surface area contributed by atoms with Gasteiger partial charge >= 0.3 is 5.63 Å². The zero-order chi connectivity index (χ0) is 18.5. The molecule has 0 radical (unpaired) electrons. The minimum Gasteiger partial charge on any atom is -0.504 e. The first kappa shape index (κ1) is 18.4. The fourth-order valence-electron chi connectivity index (χ4n) is 3.35. The Labute approximate surface area is 152 Å². The van der Waals surface area contributed by atoms with Gasteiger partial charge in [-0.25, -0.2) is 4.79 Å². The second-order valence-corrected chi connectivity index (χ2v) is 6.90. The van der Waals surface area contributed by atoms with Crippen molar-refractivity contribution in [2.24, 2.45) is 0 Å². The molecule has 0 atom stereocenters. The number of hydrogen-bond acceptors (Lipinski definition) is 5. The largest absolute Gasteiger partial charge is 0.504 e. The summed E-state index contributed by atoms with van der Waals surface area (Å²) in [4.78, 5) is 12.3. The molecule has 0 bridgehead atoms. The lowest BCUT2D eigenvalue weighted by atomic mass is 10.1. The summed E-state index contributed by atoms with van der Waals surface area (Å²) in [5.41, 5.74) is 0.309. The van der Waals surface area contributed by atoms with E-state index in [1.54, 1.807) is 6.07 Å². The topological polar surface area (TPSA) is 83.8 Å². The van der Waals surface area contributed by atoms with Crippen LogP contribution in [0.2, 0.25) is 0 Å². The summed E-state index contributed by atoms with van der Waals surface area (Å²) >= 11 is 0. The van der Waals surface area contributed by atoms with Gasteiger partial charge in [0.2, 0.25) is 0 Å². The number of hydrogen-bond donors (Lipinski definition) is 2. The monoisotopic (exact) mass is 358 g/mol. The van der Waals surface area contributed by atoms with E-state index < -0.39 is 5.63 Å². The summed E-state index contributed by atoms with van der Waals surface area (Å²) in [6.07, 6.45) is 10.5. The first-order valence-electron chi connectivity index (χ1n) is 9.51. The molecule has 0 aliphatic rings. The van der Waals surface area contributed by atoms with Gasteiger partial charge in [0, 0.05) is 23.9 Å². The fourth-order valence-corrected chi connectivity index (χ4v) is 3.35. The van der Waals surface area contributed by atoms with Gasteiger partial charge in [-0.2, -0.15) is 0 Å². The molecule has 5 heteroatoms. The van der Waals surface area contributed by atoms with Gasteiger partial charge < -0.3 is 19.0 Å². The van der Waals surface area contributed by atoms with E-state index in [9.17, 15) is 15.0 Å². The molecule has 5 nitrogen and oxygen atoms in total. The smallest absolute Gasteiger partial charge is 0.347 e. The van der Waals surface area contributed by atoms with Crippen molar-refractivity contribution in [3.63, 3.8) is 0 Å². The lowest BCUT2D eigenvalue weighted by Crippen LogP contribution is -2.01. The predicted molar refractivity (Wildman–Crippen MR) is 102 cm³/mol. The third-order valence-electron chi connectivity index (χ3n) is 4.81. The molecular weight excluding hydrogens is 332 g/mol. The highest BCUT2D eigenvalue weighted by molar-refractivity contribution is 6.05. The lowest BCUT2D eigenvalue weighted by molar-refractivity contribution is 0.404. The van der Waals surface area contributed by atoms with Crippen LogP contribution in [-0.4, -0.2) is 10.2 Å². The Balaban J connectivity index is 1.65. The van der Waals surface area contributed by atoms with E-state index in [2.05, 4.69) is 6.92 Å². The number of rotatable bonds is 9. The van der Waals surface area contributed by atoms with Crippen LogP contribution in [0, 0.1) is 0 Å². The maximum absolute atomic E-state index is 12.3. The minimum atomic E-state index is -0.471. The van der Waals surface area contributed by atoms with E-state index in [0.717, 1.165) is 12.8 Å². The van der Waals surface area contributed by atoms with Crippen LogP contribution < -0.4 is 5.63 Å². The molecule has 3 rings (SSSR count). The number of phenolic OH excluding ortho intramolecular Hbond substituents is 2. The molecule has 26 heavy (non-hydrogen) atoms. The molecule has 0 spiro atoms. The summed E-state index contributed by atoms with van der Waals surface area (Å²) in [6.45, 7) is 2.22. The Kier molecular flexibility index (Phi) is 5.86. The standard InChI is InChI=1S/C21H26O5/c1-2-3-4-5-6-7-8-9-10-14-11-19-20(21(24)25-14)15-12-16(22)17(23)13-18(15)26-19/h11-13,22-23H,2-10H2,1H3. The molecule has 140 valence electrons. The van der Waals surface area contributed by atoms with Crippen LogP contribution in [-0.2, 0) is 6.42 Å². The normalized spacial score (nSPS) is 11.6. The number of furan rings is 1. The van der Waals surface area contributed by atoms with Gasteiger partial charge in [-0.1, -0.05) is 51.9 Å². The van der Waals surface area contributed by atoms with Crippen molar-refractivity contribution in [3.8, 4) is 11.5 Å². The molecule has 0 amide bonds. The molecule has 3 aromatic rings. The zero-order valence-corrected chi connectivity index (χ0v) is 15.2. The van der Waals surface area contributed by atoms with Crippen molar-refractivity contribution < 1.29 is 19.0 Å². The second-order valence-electron chi connectivity index (χ2n) is 6.90. The number of fused-ring (bicyclic) bond motifs is 3. The van der Waals surface area contributed by atoms with Crippen LogP contribution in [0.15, 0.2) is 31.8 Å². The van der Waals surface area contributed by atoms with Crippen molar-refractivity contribution in [2.75, 3.05) is 0 Å². The Morgan fingerprint density at radius 2 is 1.46 bits per heavy atom. The SMILES string of the molecule is CCCCCCCCCCc1cc2oc3cc(O)c(O)cc3c2c(=O)o1. The summed E-state index contributed by atoms with van der Waals surface area (Å²) in [6, 6.07) is 4.38. The van der Waals surface area contributed by atoms with Crippen molar-refractivity contribution in [3.05, 3.63) is 34.4 Å². The molecular formula is C21H26O5. The van der Waals surface area contributed by atoms with Gasteiger partial charge in [-0.05, 0) is 12.5 Å². The molecule has 2 aromatic heterocycles. The number of aryl methyl sites for hydroxylation is 1. The van der Waals surface area contributed by atoms with E-state index in [1.807, 2.05) is 0 Å². The van der Waals surface area contributed by atoms with Crippen LogP contribution in [0.5, 0.6) is 11.5 Å². The van der Waals surface area contributed by atoms with E-state index in [4.69, 9.17) is 8.83 Å². The van der Waals surface area contributed by atoms with Crippen molar-refractivity contribution in [1.29, 1.82) is 0 Å². The number of unbranched alkanes of at least 4 members (excludes halogenated alkanes) is 7. The summed E-state index contributed by atoms with van der Waals surface area (Å²) in [5, 5.41) is 20.0.